The van der Waals surface area contributed by atoms with E-state index in [-0.39, 0.29) is 0 Å². The molecule has 2 fully saturated rings. The Hall–Kier alpha value is -0.650. The average molecular weight is 242 g/mol. The summed E-state index contributed by atoms with van der Waals surface area (Å²) in [4.78, 5) is 13.9. The summed E-state index contributed by atoms with van der Waals surface area (Å²) < 4.78 is 4.97. The number of carboxylic acid groups (broad SMARTS) is 1. The maximum Gasteiger partial charge on any atom is 0.325 e. The maximum absolute atomic E-state index is 11.5. The van der Waals surface area contributed by atoms with E-state index in [4.69, 9.17) is 4.74 Å². The third kappa shape index (κ3) is 2.61. The van der Waals surface area contributed by atoms with Crippen molar-refractivity contribution in [3.05, 3.63) is 0 Å². The van der Waals surface area contributed by atoms with E-state index >= 15 is 0 Å². The Balaban J connectivity index is 1.99. The lowest BCUT2D eigenvalue weighted by atomic mass is 9.96. The molecule has 1 aliphatic heterocycles. The Kier molecular flexibility index (Phi) is 3.70. The summed E-state index contributed by atoms with van der Waals surface area (Å²) in [5, 5.41) is 12.6. The molecule has 1 saturated carbocycles. The first-order valence-corrected chi connectivity index (χ1v) is 6.32. The SMILES string of the molecule is COCCNC1(C(=O)O)CC(C)N(C2CC2)C1. The molecular weight excluding hydrogens is 220 g/mol. The van der Waals surface area contributed by atoms with Gasteiger partial charge < -0.3 is 9.84 Å². The number of nitrogens with zero attached hydrogens (tertiary/aromatic N) is 1. The molecule has 2 N–H and O–H groups in total. The Morgan fingerprint density at radius 2 is 2.29 bits per heavy atom. The van der Waals surface area contributed by atoms with Crippen LogP contribution in [0.5, 0.6) is 0 Å². The van der Waals surface area contributed by atoms with Gasteiger partial charge in [0.25, 0.3) is 0 Å². The predicted octanol–water partition coefficient (Wildman–Crippen LogP) is 0.302. The number of methoxy groups -OCH3 is 1. The highest BCUT2D eigenvalue weighted by Crippen LogP contribution is 2.37. The third-order valence-electron chi connectivity index (χ3n) is 3.86. The second kappa shape index (κ2) is 4.92. The summed E-state index contributed by atoms with van der Waals surface area (Å²) in [5.41, 5.74) is -0.777. The molecule has 1 aliphatic carbocycles. The van der Waals surface area contributed by atoms with E-state index in [1.165, 1.54) is 12.8 Å². The van der Waals surface area contributed by atoms with E-state index in [1.54, 1.807) is 7.11 Å². The van der Waals surface area contributed by atoms with Crippen LogP contribution in [0.3, 0.4) is 0 Å². The molecule has 98 valence electrons. The minimum absolute atomic E-state index is 0.355. The highest BCUT2D eigenvalue weighted by Gasteiger charge is 2.51. The first kappa shape index (κ1) is 12.8. The molecule has 2 atom stereocenters. The zero-order valence-corrected chi connectivity index (χ0v) is 10.6. The van der Waals surface area contributed by atoms with E-state index in [2.05, 4.69) is 17.1 Å². The summed E-state index contributed by atoms with van der Waals surface area (Å²) in [5.74, 6) is -0.733. The highest BCUT2D eigenvalue weighted by molar-refractivity contribution is 5.80. The van der Waals surface area contributed by atoms with Crippen LogP contribution in [-0.4, -0.2) is 60.4 Å². The van der Waals surface area contributed by atoms with Crippen LogP contribution >= 0.6 is 0 Å². The first-order chi connectivity index (χ1) is 8.09. The van der Waals surface area contributed by atoms with Crippen LogP contribution in [-0.2, 0) is 9.53 Å². The van der Waals surface area contributed by atoms with Gasteiger partial charge >= 0.3 is 5.97 Å². The van der Waals surface area contributed by atoms with Gasteiger partial charge in [-0.3, -0.25) is 15.0 Å². The molecule has 0 aromatic rings. The fourth-order valence-electron chi connectivity index (χ4n) is 2.80. The number of carbonyl (C=O) groups is 1. The quantitative estimate of drug-likeness (QED) is 0.656. The first-order valence-electron chi connectivity index (χ1n) is 6.32. The Morgan fingerprint density at radius 1 is 1.59 bits per heavy atom. The van der Waals surface area contributed by atoms with Gasteiger partial charge in [0.15, 0.2) is 0 Å². The summed E-state index contributed by atoms with van der Waals surface area (Å²) in [6.45, 7) is 3.89. The van der Waals surface area contributed by atoms with Crippen molar-refractivity contribution in [1.29, 1.82) is 0 Å². The van der Waals surface area contributed by atoms with E-state index in [0.29, 0.717) is 38.2 Å². The minimum Gasteiger partial charge on any atom is -0.480 e. The molecule has 17 heavy (non-hydrogen) atoms. The lowest BCUT2D eigenvalue weighted by molar-refractivity contribution is -0.144. The molecule has 0 amide bonds. The molecule has 0 spiro atoms. The second-order valence-corrected chi connectivity index (χ2v) is 5.26. The van der Waals surface area contributed by atoms with Crippen molar-refractivity contribution >= 4 is 5.97 Å². The molecule has 2 rings (SSSR count). The van der Waals surface area contributed by atoms with Crippen LogP contribution in [0, 0.1) is 0 Å². The van der Waals surface area contributed by atoms with E-state index in [9.17, 15) is 9.90 Å². The smallest absolute Gasteiger partial charge is 0.325 e. The van der Waals surface area contributed by atoms with Gasteiger partial charge in [0.2, 0.25) is 0 Å². The van der Waals surface area contributed by atoms with Gasteiger partial charge in [-0.25, -0.2) is 0 Å². The monoisotopic (exact) mass is 242 g/mol. The van der Waals surface area contributed by atoms with Crippen molar-refractivity contribution in [3.63, 3.8) is 0 Å². The third-order valence-corrected chi connectivity index (χ3v) is 3.86. The van der Waals surface area contributed by atoms with Crippen molar-refractivity contribution < 1.29 is 14.6 Å². The lowest BCUT2D eigenvalue weighted by Crippen LogP contribution is -2.55. The fourth-order valence-corrected chi connectivity index (χ4v) is 2.80. The standard InChI is InChI=1S/C12H22N2O3/c1-9-7-12(11(15)16,13-5-6-17-2)8-14(9)10-3-4-10/h9-10,13H,3-8H2,1-2H3,(H,15,16). The average Bonchev–Trinajstić information content (AvgIpc) is 3.04. The summed E-state index contributed by atoms with van der Waals surface area (Å²) in [6, 6.07) is 0.976. The molecule has 5 heteroatoms. The molecular formula is C12H22N2O3. The number of hydrogen-bond donors (Lipinski definition) is 2. The molecule has 0 aromatic heterocycles. The largest absolute Gasteiger partial charge is 0.480 e. The van der Waals surface area contributed by atoms with Crippen LogP contribution in [0.1, 0.15) is 26.2 Å². The minimum atomic E-state index is -0.777. The molecule has 1 saturated heterocycles. The van der Waals surface area contributed by atoms with Crippen molar-refractivity contribution in [2.75, 3.05) is 26.8 Å². The number of aliphatic carboxylic acids is 1. The lowest BCUT2D eigenvalue weighted by Gasteiger charge is -2.26. The normalized spacial score (nSPS) is 34.1. The van der Waals surface area contributed by atoms with Crippen LogP contribution in [0.2, 0.25) is 0 Å². The molecule has 5 nitrogen and oxygen atoms in total. The Bertz CT molecular complexity index is 293. The second-order valence-electron chi connectivity index (χ2n) is 5.26. The summed E-state index contributed by atoms with van der Waals surface area (Å²) in [6.07, 6.45) is 3.12. The van der Waals surface area contributed by atoms with Gasteiger partial charge in [-0.2, -0.15) is 0 Å². The van der Waals surface area contributed by atoms with Crippen LogP contribution < -0.4 is 5.32 Å². The van der Waals surface area contributed by atoms with E-state index in [0.717, 1.165) is 0 Å². The van der Waals surface area contributed by atoms with E-state index in [1.807, 2.05) is 0 Å². The maximum atomic E-state index is 11.5. The van der Waals surface area contributed by atoms with E-state index < -0.39 is 11.5 Å². The van der Waals surface area contributed by atoms with Gasteiger partial charge in [-0.1, -0.05) is 0 Å². The number of carboxylic acids is 1. The van der Waals surface area contributed by atoms with Gasteiger partial charge in [-0.05, 0) is 26.2 Å². The van der Waals surface area contributed by atoms with Crippen LogP contribution in [0.25, 0.3) is 0 Å². The van der Waals surface area contributed by atoms with Gasteiger partial charge in [-0.15, -0.1) is 0 Å². The number of ether oxygens (including phenoxy) is 1. The number of hydrogen-bond acceptors (Lipinski definition) is 4. The topological polar surface area (TPSA) is 61.8 Å². The number of rotatable bonds is 6. The molecule has 1 heterocycles. The van der Waals surface area contributed by atoms with Crippen molar-refractivity contribution in [1.82, 2.24) is 10.2 Å². The summed E-state index contributed by atoms with van der Waals surface area (Å²) >= 11 is 0. The molecule has 0 radical (unpaired) electrons. The molecule has 2 aliphatic rings. The molecule has 2 unspecified atom stereocenters. The molecule has 0 aromatic carbocycles. The van der Waals surface area contributed by atoms with Crippen molar-refractivity contribution in [2.45, 2.75) is 43.8 Å². The highest BCUT2D eigenvalue weighted by atomic mass is 16.5. The Labute approximate surface area is 102 Å². The Morgan fingerprint density at radius 3 is 2.82 bits per heavy atom. The predicted molar refractivity (Wildman–Crippen MR) is 64.1 cm³/mol. The van der Waals surface area contributed by atoms with Crippen LogP contribution in [0.15, 0.2) is 0 Å². The van der Waals surface area contributed by atoms with Crippen molar-refractivity contribution in [3.8, 4) is 0 Å². The number of likely N-dealkylation sites (tertiary alicyclic amines) is 1. The van der Waals surface area contributed by atoms with Crippen molar-refractivity contribution in [2.24, 2.45) is 0 Å². The van der Waals surface area contributed by atoms with Gasteiger partial charge in [0.05, 0.1) is 6.61 Å². The zero-order valence-electron chi connectivity index (χ0n) is 10.6. The summed E-state index contributed by atoms with van der Waals surface area (Å²) in [7, 11) is 1.63. The van der Waals surface area contributed by atoms with Gasteiger partial charge in [0.1, 0.15) is 5.54 Å². The molecule has 0 bridgehead atoms. The van der Waals surface area contributed by atoms with Gasteiger partial charge in [0, 0.05) is 32.3 Å². The van der Waals surface area contributed by atoms with Crippen LogP contribution in [0.4, 0.5) is 0 Å². The zero-order chi connectivity index (χ0) is 12.5. The fraction of sp³-hybridized carbons (Fsp3) is 0.917. The number of nitrogens with one attached hydrogen (secondary N) is 1.